The molecule has 0 fully saturated rings. The molecule has 0 radical (unpaired) electrons. The van der Waals surface area contributed by atoms with Gasteiger partial charge >= 0.3 is 5.22 Å². The number of nitrogens with one attached hydrogen (secondary N) is 2. The zero-order valence-electron chi connectivity index (χ0n) is 19.0. The Hall–Kier alpha value is -4.58. The molecule has 0 unspecified atom stereocenters. The number of sulfone groups is 1. The van der Waals surface area contributed by atoms with E-state index >= 15 is 0 Å². The number of ether oxygens (including phenoxy) is 1. The van der Waals surface area contributed by atoms with E-state index in [1.165, 1.54) is 31.4 Å². The molecule has 0 aliphatic carbocycles. The summed E-state index contributed by atoms with van der Waals surface area (Å²) in [4.78, 5) is 32.5. The van der Waals surface area contributed by atoms with E-state index in [0.717, 1.165) is 18.4 Å². The second-order valence-electron chi connectivity index (χ2n) is 7.47. The first-order chi connectivity index (χ1) is 17.1. The third kappa shape index (κ3) is 5.55. The van der Waals surface area contributed by atoms with E-state index in [9.17, 15) is 22.4 Å². The van der Waals surface area contributed by atoms with Crippen LogP contribution in [0.5, 0.6) is 11.5 Å². The van der Waals surface area contributed by atoms with E-state index in [1.54, 1.807) is 30.3 Å². The van der Waals surface area contributed by atoms with Gasteiger partial charge in [-0.3, -0.25) is 14.6 Å². The van der Waals surface area contributed by atoms with E-state index in [4.69, 9.17) is 9.15 Å². The average molecular weight is 511 g/mol. The molecule has 4 rings (SSSR count). The summed E-state index contributed by atoms with van der Waals surface area (Å²) in [7, 11) is -2.36. The summed E-state index contributed by atoms with van der Waals surface area (Å²) >= 11 is 0. The largest absolute Gasteiger partial charge is 0.457 e. The normalized spacial score (nSPS) is 11.1. The van der Waals surface area contributed by atoms with Crippen molar-refractivity contribution < 1.29 is 31.6 Å². The van der Waals surface area contributed by atoms with Gasteiger partial charge in [-0.05, 0) is 54.6 Å². The molecule has 2 amide bonds. The Morgan fingerprint density at radius 2 is 1.67 bits per heavy atom. The molecular formula is C24H19FN4O6S. The third-order valence-corrected chi connectivity index (χ3v) is 5.59. The minimum absolute atomic E-state index is 0.113. The molecule has 10 nitrogen and oxygen atoms in total. The predicted octanol–water partition coefficient (Wildman–Crippen LogP) is 3.68. The Kier molecular flexibility index (Phi) is 6.79. The molecule has 0 saturated heterocycles. The maximum atomic E-state index is 13.3. The Bertz CT molecular complexity index is 1530. The monoisotopic (exact) mass is 510 g/mol. The van der Waals surface area contributed by atoms with Gasteiger partial charge in [0.1, 0.15) is 23.0 Å². The van der Waals surface area contributed by atoms with Crippen molar-refractivity contribution in [1.82, 2.24) is 15.3 Å². The Morgan fingerprint density at radius 3 is 2.31 bits per heavy atom. The standard InChI is InChI=1S/C24H19FN4O6S/c1-26-22(30)19-13-18(11-12-27-19)34-17-9-7-16(8-10-17)28-23(31)20-21(14-3-5-15(25)6-4-14)35-24(29-20)36(2,32)33/h3-13H,1-2H3,(H,26,30)(H,28,31). The van der Waals surface area contributed by atoms with Gasteiger partial charge in [-0.2, -0.15) is 4.98 Å². The smallest absolute Gasteiger partial charge is 0.315 e. The highest BCUT2D eigenvalue weighted by atomic mass is 32.2. The number of aromatic nitrogens is 2. The summed E-state index contributed by atoms with van der Waals surface area (Å²) in [5, 5.41) is 4.46. The molecule has 0 saturated carbocycles. The molecule has 0 aliphatic rings. The van der Waals surface area contributed by atoms with Gasteiger partial charge in [0, 0.05) is 36.8 Å². The van der Waals surface area contributed by atoms with Crippen LogP contribution in [0.3, 0.4) is 0 Å². The van der Waals surface area contributed by atoms with Gasteiger partial charge in [0.2, 0.25) is 9.84 Å². The minimum atomic E-state index is -3.85. The fourth-order valence-corrected chi connectivity index (χ4v) is 3.56. The van der Waals surface area contributed by atoms with Gasteiger partial charge in [0.15, 0.2) is 11.5 Å². The molecule has 0 aliphatic heterocycles. The maximum absolute atomic E-state index is 13.3. The minimum Gasteiger partial charge on any atom is -0.457 e. The molecule has 4 aromatic rings. The number of carbonyl (C=O) groups excluding carboxylic acids is 2. The van der Waals surface area contributed by atoms with E-state index in [2.05, 4.69) is 20.6 Å². The van der Waals surface area contributed by atoms with Crippen LogP contribution in [0.2, 0.25) is 0 Å². The van der Waals surface area contributed by atoms with E-state index in [0.29, 0.717) is 17.2 Å². The van der Waals surface area contributed by atoms with Crippen molar-refractivity contribution in [3.05, 3.63) is 84.1 Å². The molecule has 12 heteroatoms. The highest BCUT2D eigenvalue weighted by Crippen LogP contribution is 2.29. The second-order valence-corrected chi connectivity index (χ2v) is 9.37. The first kappa shape index (κ1) is 24.5. The fraction of sp³-hybridized carbons (Fsp3) is 0.0833. The molecule has 0 atom stereocenters. The summed E-state index contributed by atoms with van der Waals surface area (Å²) in [6.45, 7) is 0. The Labute approximate surface area is 205 Å². The first-order valence-corrected chi connectivity index (χ1v) is 12.3. The van der Waals surface area contributed by atoms with Crippen LogP contribution in [0.4, 0.5) is 10.1 Å². The number of oxazole rings is 1. The lowest BCUT2D eigenvalue weighted by molar-refractivity contribution is 0.0957. The summed E-state index contributed by atoms with van der Waals surface area (Å²) in [6.07, 6.45) is 2.34. The highest BCUT2D eigenvalue weighted by Gasteiger charge is 2.26. The van der Waals surface area contributed by atoms with Crippen LogP contribution in [0.25, 0.3) is 11.3 Å². The zero-order valence-corrected chi connectivity index (χ0v) is 19.8. The quantitative estimate of drug-likeness (QED) is 0.384. The molecule has 2 N–H and O–H groups in total. The lowest BCUT2D eigenvalue weighted by atomic mass is 10.1. The maximum Gasteiger partial charge on any atom is 0.315 e. The van der Waals surface area contributed by atoms with Crippen LogP contribution in [0.15, 0.2) is 76.5 Å². The molecule has 2 heterocycles. The van der Waals surface area contributed by atoms with Crippen molar-refractivity contribution in [3.63, 3.8) is 0 Å². The number of amides is 2. The van der Waals surface area contributed by atoms with Crippen molar-refractivity contribution >= 4 is 27.3 Å². The Balaban J connectivity index is 1.54. The Morgan fingerprint density at radius 1 is 0.972 bits per heavy atom. The van der Waals surface area contributed by atoms with Crippen LogP contribution in [0, 0.1) is 5.82 Å². The van der Waals surface area contributed by atoms with Crippen molar-refractivity contribution in [2.24, 2.45) is 0 Å². The van der Waals surface area contributed by atoms with Gasteiger partial charge in [0.25, 0.3) is 11.8 Å². The van der Waals surface area contributed by atoms with Crippen LogP contribution in [0.1, 0.15) is 21.0 Å². The SMILES string of the molecule is CNC(=O)c1cc(Oc2ccc(NC(=O)c3nc(S(C)(=O)=O)oc3-c3ccc(F)cc3)cc2)ccn1. The number of benzene rings is 2. The molecule has 2 aromatic carbocycles. The summed E-state index contributed by atoms with van der Waals surface area (Å²) < 4.78 is 48.3. The van der Waals surface area contributed by atoms with Crippen LogP contribution in [-0.4, -0.2) is 43.5 Å². The van der Waals surface area contributed by atoms with Gasteiger partial charge < -0.3 is 19.8 Å². The van der Waals surface area contributed by atoms with Crippen LogP contribution < -0.4 is 15.4 Å². The summed E-state index contributed by atoms with van der Waals surface area (Å²) in [5.41, 5.74) is 0.557. The average Bonchev–Trinajstić information content (AvgIpc) is 3.32. The van der Waals surface area contributed by atoms with Gasteiger partial charge in [-0.25, -0.2) is 12.8 Å². The predicted molar refractivity (Wildman–Crippen MR) is 127 cm³/mol. The van der Waals surface area contributed by atoms with Gasteiger partial charge in [-0.1, -0.05) is 0 Å². The number of hydrogen-bond acceptors (Lipinski definition) is 8. The molecule has 184 valence electrons. The molecule has 0 spiro atoms. The summed E-state index contributed by atoms with van der Waals surface area (Å²) in [6, 6.07) is 14.4. The zero-order chi connectivity index (χ0) is 25.9. The molecule has 0 bridgehead atoms. The van der Waals surface area contributed by atoms with E-state index < -0.39 is 26.8 Å². The van der Waals surface area contributed by atoms with Crippen molar-refractivity contribution in [2.45, 2.75) is 5.22 Å². The van der Waals surface area contributed by atoms with Crippen LogP contribution >= 0.6 is 0 Å². The second kappa shape index (κ2) is 9.96. The van der Waals surface area contributed by atoms with Crippen LogP contribution in [-0.2, 0) is 9.84 Å². The van der Waals surface area contributed by atoms with Crippen molar-refractivity contribution in [2.75, 3.05) is 18.6 Å². The van der Waals surface area contributed by atoms with Gasteiger partial charge in [0.05, 0.1) is 0 Å². The van der Waals surface area contributed by atoms with Crippen molar-refractivity contribution in [3.8, 4) is 22.8 Å². The number of rotatable bonds is 7. The lowest BCUT2D eigenvalue weighted by Crippen LogP contribution is -2.18. The number of nitrogens with zero attached hydrogens (tertiary/aromatic N) is 2. The number of pyridine rings is 1. The molecular weight excluding hydrogens is 491 g/mol. The number of halogens is 1. The number of carbonyl (C=O) groups is 2. The van der Waals surface area contributed by atoms with E-state index in [-0.39, 0.29) is 28.6 Å². The molecule has 36 heavy (non-hydrogen) atoms. The lowest BCUT2D eigenvalue weighted by Gasteiger charge is -2.09. The highest BCUT2D eigenvalue weighted by molar-refractivity contribution is 7.90. The van der Waals surface area contributed by atoms with E-state index in [1.807, 2.05) is 0 Å². The van der Waals surface area contributed by atoms with Crippen molar-refractivity contribution in [1.29, 1.82) is 0 Å². The van der Waals surface area contributed by atoms with Gasteiger partial charge in [-0.15, -0.1) is 0 Å². The first-order valence-electron chi connectivity index (χ1n) is 10.4. The summed E-state index contributed by atoms with van der Waals surface area (Å²) in [5.74, 6) is -0.893. The number of hydrogen-bond donors (Lipinski definition) is 2. The number of anilines is 1. The fourth-order valence-electron chi connectivity index (χ4n) is 3.07. The topological polar surface area (TPSA) is 140 Å². The molecule has 2 aromatic heterocycles. The third-order valence-electron chi connectivity index (χ3n) is 4.79.